The van der Waals surface area contributed by atoms with Gasteiger partial charge >= 0.3 is 0 Å². The van der Waals surface area contributed by atoms with Crippen molar-refractivity contribution in [3.63, 3.8) is 0 Å². The van der Waals surface area contributed by atoms with Crippen LogP contribution >= 0.6 is 11.6 Å². The summed E-state index contributed by atoms with van der Waals surface area (Å²) >= 11 is 5.97. The number of carbonyl (C=O) groups is 1. The summed E-state index contributed by atoms with van der Waals surface area (Å²) in [6.07, 6.45) is 2.42. The van der Waals surface area contributed by atoms with Crippen LogP contribution in [-0.4, -0.2) is 56.2 Å². The third-order valence-corrected chi connectivity index (χ3v) is 6.37. The van der Waals surface area contributed by atoms with Crippen LogP contribution < -0.4 is 10.6 Å². The Kier molecular flexibility index (Phi) is 11.2. The van der Waals surface area contributed by atoms with Crippen LogP contribution in [0.1, 0.15) is 49.9 Å². The van der Waals surface area contributed by atoms with Crippen molar-refractivity contribution in [3.8, 4) is 0 Å². The summed E-state index contributed by atoms with van der Waals surface area (Å²) in [5, 5.41) is 0.724. The topological polar surface area (TPSA) is 104 Å². The Balaban J connectivity index is 0.000000830. The molecule has 1 fully saturated rings. The van der Waals surface area contributed by atoms with Crippen LogP contribution in [0.15, 0.2) is 42.5 Å². The van der Waals surface area contributed by atoms with Gasteiger partial charge in [-0.2, -0.15) is 8.42 Å². The van der Waals surface area contributed by atoms with Gasteiger partial charge in [-0.1, -0.05) is 62.2 Å². The maximum Gasteiger partial charge on any atom is 0.261 e. The molecule has 36 heavy (non-hydrogen) atoms. The van der Waals surface area contributed by atoms with Gasteiger partial charge in [0.25, 0.3) is 10.1 Å². The smallest absolute Gasteiger partial charge is 0.261 e. The van der Waals surface area contributed by atoms with Crippen molar-refractivity contribution in [3.05, 3.63) is 64.2 Å². The van der Waals surface area contributed by atoms with Crippen molar-refractivity contribution < 1.29 is 17.8 Å². The predicted molar refractivity (Wildman–Crippen MR) is 148 cm³/mol. The minimum Gasteiger partial charge on any atom is -0.368 e. The van der Waals surface area contributed by atoms with E-state index < -0.39 is 10.1 Å². The third-order valence-electron chi connectivity index (χ3n) is 6.12. The molecule has 0 spiro atoms. The van der Waals surface area contributed by atoms with E-state index in [4.69, 9.17) is 21.9 Å². The Labute approximate surface area is 221 Å². The normalized spacial score (nSPS) is 15.8. The van der Waals surface area contributed by atoms with Crippen molar-refractivity contribution in [2.75, 3.05) is 37.3 Å². The molecule has 0 aliphatic carbocycles. The fourth-order valence-corrected chi connectivity index (χ4v) is 4.56. The summed E-state index contributed by atoms with van der Waals surface area (Å²) < 4.78 is 25.9. The van der Waals surface area contributed by atoms with Gasteiger partial charge in [0.05, 0.1) is 6.26 Å². The lowest BCUT2D eigenvalue weighted by Crippen LogP contribution is -2.50. The number of nitrogens with zero attached hydrogens (tertiary/aromatic N) is 2. The van der Waals surface area contributed by atoms with Gasteiger partial charge in [-0.3, -0.25) is 9.35 Å². The van der Waals surface area contributed by atoms with E-state index in [1.54, 1.807) is 0 Å². The van der Waals surface area contributed by atoms with Gasteiger partial charge in [-0.15, -0.1) is 0 Å². The van der Waals surface area contributed by atoms with Gasteiger partial charge in [-0.25, -0.2) is 0 Å². The Bertz CT molecular complexity index is 1090. The van der Waals surface area contributed by atoms with Gasteiger partial charge in [-0.05, 0) is 55.0 Å². The Hall–Kier alpha value is -2.13. The molecule has 0 bridgehead atoms. The highest BCUT2D eigenvalue weighted by atomic mass is 35.5. The number of piperazine rings is 1. The maximum absolute atomic E-state index is 13.0. The second kappa shape index (κ2) is 13.4. The predicted octanol–water partition coefficient (Wildman–Crippen LogP) is 4.73. The van der Waals surface area contributed by atoms with Crippen molar-refractivity contribution in [1.29, 1.82) is 0 Å². The van der Waals surface area contributed by atoms with Crippen molar-refractivity contribution >= 4 is 33.3 Å². The molecule has 3 rings (SSSR count). The third kappa shape index (κ3) is 10.1. The Morgan fingerprint density at radius 2 is 1.61 bits per heavy atom. The summed E-state index contributed by atoms with van der Waals surface area (Å²) in [7, 11) is -3.67. The molecule has 1 aliphatic heterocycles. The lowest BCUT2D eigenvalue weighted by Gasteiger charge is -2.38. The van der Waals surface area contributed by atoms with Gasteiger partial charge in [0.15, 0.2) is 0 Å². The molecule has 2 aromatic carbocycles. The Morgan fingerprint density at radius 1 is 1.06 bits per heavy atom. The molecule has 1 amide bonds. The second-order valence-electron chi connectivity index (χ2n) is 10.1. The molecule has 0 aromatic heterocycles. The standard InChI is InChI=1S/C26H36ClN3O.CH4O3S/c1-18(2)15-24(28)23-16-19(3)5-10-25(23)29-11-13-30(14-12-29)26(31)20(4)17-21-6-8-22(27)9-7-21;1-5(2,3)4/h5-10,16,18,20,24H,11-15,17,28H2,1-4H3;1H3,(H,2,3,4)/t20-,24+;/m1./s1. The summed E-state index contributed by atoms with van der Waals surface area (Å²) in [5.74, 6) is 0.748. The van der Waals surface area contributed by atoms with Crippen LogP contribution in [-0.2, 0) is 21.3 Å². The van der Waals surface area contributed by atoms with Crippen molar-refractivity contribution in [1.82, 2.24) is 4.90 Å². The zero-order valence-corrected chi connectivity index (χ0v) is 23.5. The number of hydrogen-bond acceptors (Lipinski definition) is 5. The molecule has 0 saturated carbocycles. The summed E-state index contributed by atoms with van der Waals surface area (Å²) in [4.78, 5) is 17.4. The number of halogens is 1. The van der Waals surface area contributed by atoms with E-state index in [-0.39, 0.29) is 17.9 Å². The van der Waals surface area contributed by atoms with E-state index in [9.17, 15) is 13.2 Å². The molecule has 1 heterocycles. The zero-order valence-electron chi connectivity index (χ0n) is 21.9. The van der Waals surface area contributed by atoms with Crippen LogP contribution in [0.3, 0.4) is 0 Å². The fourth-order valence-electron chi connectivity index (χ4n) is 4.43. The molecule has 200 valence electrons. The van der Waals surface area contributed by atoms with Crippen LogP contribution in [0.5, 0.6) is 0 Å². The van der Waals surface area contributed by atoms with E-state index in [1.807, 2.05) is 36.1 Å². The number of anilines is 1. The van der Waals surface area contributed by atoms with Gasteiger partial charge in [0, 0.05) is 48.8 Å². The largest absolute Gasteiger partial charge is 0.368 e. The van der Waals surface area contributed by atoms with E-state index in [2.05, 4.69) is 43.9 Å². The maximum atomic E-state index is 13.0. The molecule has 9 heteroatoms. The highest BCUT2D eigenvalue weighted by Gasteiger charge is 2.27. The first-order valence-corrected chi connectivity index (χ1v) is 14.5. The van der Waals surface area contributed by atoms with E-state index >= 15 is 0 Å². The molecule has 1 aliphatic rings. The van der Waals surface area contributed by atoms with Gasteiger partial charge < -0.3 is 15.5 Å². The molecule has 3 N–H and O–H groups in total. The van der Waals surface area contributed by atoms with Gasteiger partial charge in [0.1, 0.15) is 0 Å². The second-order valence-corrected chi connectivity index (χ2v) is 12.0. The quantitative estimate of drug-likeness (QED) is 0.495. The van der Waals surface area contributed by atoms with Crippen molar-refractivity contribution in [2.24, 2.45) is 17.6 Å². The molecule has 2 aromatic rings. The average molecular weight is 538 g/mol. The van der Waals surface area contributed by atoms with Crippen LogP contribution in [0.4, 0.5) is 5.69 Å². The molecule has 1 saturated heterocycles. The number of carbonyl (C=O) groups excluding carboxylic acids is 1. The number of amides is 1. The van der Waals surface area contributed by atoms with E-state index in [0.29, 0.717) is 12.2 Å². The average Bonchev–Trinajstić information content (AvgIpc) is 2.78. The highest BCUT2D eigenvalue weighted by molar-refractivity contribution is 7.85. The number of hydrogen-bond donors (Lipinski definition) is 2. The van der Waals surface area contributed by atoms with Crippen LogP contribution in [0.2, 0.25) is 5.02 Å². The molecule has 0 radical (unpaired) electrons. The Morgan fingerprint density at radius 3 is 2.14 bits per heavy atom. The zero-order chi connectivity index (χ0) is 27.0. The fraction of sp³-hybridized carbons (Fsp3) is 0.519. The molecule has 7 nitrogen and oxygen atoms in total. The summed E-state index contributed by atoms with van der Waals surface area (Å²) in [6, 6.07) is 14.4. The SMILES string of the molecule is CS(=O)(=O)O.Cc1ccc(N2CCN(C(=O)[C@H](C)Cc3ccc(Cl)cc3)CC2)c([C@@H](N)CC(C)C)c1. The summed E-state index contributed by atoms with van der Waals surface area (Å²) in [6.45, 7) is 11.7. The van der Waals surface area contributed by atoms with E-state index in [1.165, 1.54) is 16.8 Å². The number of aryl methyl sites for hydroxylation is 1. The number of nitrogens with two attached hydrogens (primary N) is 1. The first kappa shape index (κ1) is 30.1. The lowest BCUT2D eigenvalue weighted by atomic mass is 9.94. The molecular weight excluding hydrogens is 498 g/mol. The van der Waals surface area contributed by atoms with Crippen LogP contribution in [0, 0.1) is 18.8 Å². The molecular formula is C27H40ClN3O4S. The highest BCUT2D eigenvalue weighted by Crippen LogP contribution is 2.31. The monoisotopic (exact) mass is 537 g/mol. The molecule has 2 atom stereocenters. The minimum absolute atomic E-state index is 0.0361. The number of benzene rings is 2. The van der Waals surface area contributed by atoms with Crippen molar-refractivity contribution in [2.45, 2.75) is 46.6 Å². The van der Waals surface area contributed by atoms with Gasteiger partial charge in [0.2, 0.25) is 5.91 Å². The van der Waals surface area contributed by atoms with E-state index in [0.717, 1.165) is 49.6 Å². The first-order valence-electron chi connectivity index (χ1n) is 12.3. The first-order chi connectivity index (χ1) is 16.7. The summed E-state index contributed by atoms with van der Waals surface area (Å²) in [5.41, 5.74) is 11.4. The lowest BCUT2D eigenvalue weighted by molar-refractivity contribution is -0.135. The van der Waals surface area contributed by atoms with Crippen LogP contribution in [0.25, 0.3) is 0 Å². The minimum atomic E-state index is -3.67. The molecule has 0 unspecified atom stereocenters. The number of rotatable bonds is 7.